The van der Waals surface area contributed by atoms with Crippen molar-refractivity contribution in [3.8, 4) is 0 Å². The molecular formula is C37H38Cl2F2N4O2. The normalized spacial score (nSPS) is 20.4. The molecule has 3 aliphatic rings. The van der Waals surface area contributed by atoms with Crippen molar-refractivity contribution in [3.05, 3.63) is 125 Å². The highest BCUT2D eigenvalue weighted by atomic mass is 35.5. The van der Waals surface area contributed by atoms with E-state index in [1.54, 1.807) is 42.5 Å². The number of hydrogen-bond acceptors (Lipinski definition) is 5. The predicted octanol–water partition coefficient (Wildman–Crippen LogP) is 6.80. The van der Waals surface area contributed by atoms with Gasteiger partial charge in [-0.3, -0.25) is 9.69 Å². The monoisotopic (exact) mass is 678 g/mol. The van der Waals surface area contributed by atoms with Crippen LogP contribution in [0.25, 0.3) is 11.1 Å². The molecule has 47 heavy (non-hydrogen) atoms. The van der Waals surface area contributed by atoms with Crippen molar-refractivity contribution >= 4 is 59.2 Å². The lowest BCUT2D eigenvalue weighted by Gasteiger charge is -2.35. The van der Waals surface area contributed by atoms with Crippen LogP contribution in [0.4, 0.5) is 20.2 Å². The molecule has 3 aromatic carbocycles. The number of benzene rings is 3. The highest BCUT2D eigenvalue weighted by molar-refractivity contribution is 6.15. The van der Waals surface area contributed by atoms with Gasteiger partial charge in [-0.1, -0.05) is 85.0 Å². The number of carbonyl (C=O) groups excluding carboxylic acids is 2. The maximum Gasteiger partial charge on any atom is 0.275 e. The molecule has 1 saturated heterocycles. The number of fused-ring (bicyclic) bond motifs is 1. The number of rotatable bonds is 6. The van der Waals surface area contributed by atoms with Crippen molar-refractivity contribution in [1.82, 2.24) is 9.80 Å². The fourth-order valence-corrected chi connectivity index (χ4v) is 6.32. The second-order valence-corrected chi connectivity index (χ2v) is 11.7. The largest absolute Gasteiger partial charge is 0.359 e. The topological polar surface area (TPSA) is 55.9 Å². The summed E-state index contributed by atoms with van der Waals surface area (Å²) in [6, 6.07) is 24.8. The molecular weight excluding hydrogens is 641 g/mol. The number of para-hydroxylation sites is 2. The molecule has 0 saturated carbocycles. The Hall–Kier alpha value is -4.04. The van der Waals surface area contributed by atoms with Gasteiger partial charge in [-0.2, -0.15) is 0 Å². The molecule has 0 aromatic heterocycles. The molecule has 246 valence electrons. The fraction of sp³-hybridized carbons (Fsp3) is 0.270. The molecule has 1 N–H and O–H groups in total. The standard InChI is InChI=1S/C37H36F2N4O2.2ClH/c1-41-22-24-42(25-23-41)20-18-32-29-14-8-9-15-33(29)43(21-19-37(32,38)39)34-17-16-30(36(45)40-28-12-6-3-7-13-28)35(31(34)26-44)27-10-4-2-5-11-27;;/h2-18,34H,19-25H2,1H3,(H,40,45);2*1H. The third kappa shape index (κ3) is 7.75. The van der Waals surface area contributed by atoms with Crippen LogP contribution in [0, 0.1) is 0 Å². The first kappa shape index (κ1) is 35.8. The lowest BCUT2D eigenvalue weighted by molar-refractivity contribution is -0.112. The first-order valence-electron chi connectivity index (χ1n) is 15.3. The Morgan fingerprint density at radius 3 is 2.23 bits per heavy atom. The number of anilines is 2. The van der Waals surface area contributed by atoms with Crippen molar-refractivity contribution in [2.24, 2.45) is 0 Å². The van der Waals surface area contributed by atoms with Crippen molar-refractivity contribution in [2.45, 2.75) is 18.4 Å². The summed E-state index contributed by atoms with van der Waals surface area (Å²) in [6.45, 7) is 3.91. The summed E-state index contributed by atoms with van der Waals surface area (Å²) < 4.78 is 31.9. The van der Waals surface area contributed by atoms with Gasteiger partial charge in [-0.15, -0.1) is 24.8 Å². The number of nitrogens with one attached hydrogen (secondary N) is 1. The first-order valence-corrected chi connectivity index (χ1v) is 15.3. The van der Waals surface area contributed by atoms with E-state index in [1.165, 1.54) is 0 Å². The Bertz CT molecular complexity index is 1700. The van der Waals surface area contributed by atoms with E-state index in [1.807, 2.05) is 65.6 Å². The molecule has 1 fully saturated rings. The Labute approximate surface area is 286 Å². The van der Waals surface area contributed by atoms with E-state index in [0.29, 0.717) is 40.2 Å². The van der Waals surface area contributed by atoms with Gasteiger partial charge in [0, 0.05) is 79.3 Å². The predicted molar refractivity (Wildman–Crippen MR) is 190 cm³/mol. The average molecular weight is 680 g/mol. The number of amides is 1. The number of alkyl halides is 2. The lowest BCUT2D eigenvalue weighted by Crippen LogP contribution is -2.44. The number of carbonyl (C=O) groups is 1. The second-order valence-electron chi connectivity index (χ2n) is 11.7. The van der Waals surface area contributed by atoms with Crippen LogP contribution in [-0.4, -0.2) is 79.9 Å². The highest BCUT2D eigenvalue weighted by Crippen LogP contribution is 2.45. The van der Waals surface area contributed by atoms with Gasteiger partial charge in [-0.25, -0.2) is 13.6 Å². The van der Waals surface area contributed by atoms with Crippen LogP contribution in [0.15, 0.2) is 114 Å². The summed E-state index contributed by atoms with van der Waals surface area (Å²) in [4.78, 5) is 32.8. The Kier molecular flexibility index (Phi) is 12.0. The van der Waals surface area contributed by atoms with E-state index in [-0.39, 0.29) is 48.4 Å². The van der Waals surface area contributed by atoms with Gasteiger partial charge in [0.15, 0.2) is 0 Å². The molecule has 1 amide bonds. The van der Waals surface area contributed by atoms with Gasteiger partial charge < -0.3 is 15.1 Å². The van der Waals surface area contributed by atoms with Crippen LogP contribution in [0.5, 0.6) is 0 Å². The van der Waals surface area contributed by atoms with Crippen LogP contribution in [0.2, 0.25) is 0 Å². The minimum atomic E-state index is -3.07. The van der Waals surface area contributed by atoms with Gasteiger partial charge in [0.25, 0.3) is 11.8 Å². The van der Waals surface area contributed by atoms with Crippen molar-refractivity contribution in [2.75, 3.05) is 56.5 Å². The summed E-state index contributed by atoms with van der Waals surface area (Å²) in [5, 5.41) is 2.92. The third-order valence-electron chi connectivity index (χ3n) is 8.78. The molecule has 6 rings (SSSR count). The van der Waals surface area contributed by atoms with E-state index in [0.717, 1.165) is 26.2 Å². The molecule has 3 aromatic rings. The SMILES string of the molecule is CN1CCN(CC=C2c3ccccc3N(C3C=CC(C(=O)Nc4ccccc4)=C(c4ccccc4)C3=C=O)CCC2(F)F)CC1.Cl.Cl. The Balaban J connectivity index is 0.00000250. The highest BCUT2D eigenvalue weighted by Gasteiger charge is 2.42. The molecule has 0 spiro atoms. The van der Waals surface area contributed by atoms with Crippen molar-refractivity contribution in [3.63, 3.8) is 0 Å². The molecule has 2 aliphatic heterocycles. The van der Waals surface area contributed by atoms with Gasteiger partial charge in [0.2, 0.25) is 0 Å². The smallest absolute Gasteiger partial charge is 0.275 e. The molecule has 1 aliphatic carbocycles. The van der Waals surface area contributed by atoms with Gasteiger partial charge in [0.05, 0.1) is 11.6 Å². The zero-order valence-electron chi connectivity index (χ0n) is 26.1. The zero-order valence-corrected chi connectivity index (χ0v) is 27.7. The van der Waals surface area contributed by atoms with Crippen LogP contribution in [0.1, 0.15) is 17.5 Å². The van der Waals surface area contributed by atoms with Crippen LogP contribution in [0.3, 0.4) is 0 Å². The molecule has 6 nitrogen and oxygen atoms in total. The maximum absolute atomic E-state index is 16.0. The van der Waals surface area contributed by atoms with Crippen LogP contribution >= 0.6 is 24.8 Å². The van der Waals surface area contributed by atoms with E-state index in [4.69, 9.17) is 0 Å². The molecule has 0 radical (unpaired) electrons. The average Bonchev–Trinajstić information content (AvgIpc) is 3.17. The Morgan fingerprint density at radius 1 is 0.915 bits per heavy atom. The number of piperazine rings is 1. The fourth-order valence-electron chi connectivity index (χ4n) is 6.32. The third-order valence-corrected chi connectivity index (χ3v) is 8.78. The van der Waals surface area contributed by atoms with Gasteiger partial charge in [-0.05, 0) is 30.8 Å². The summed E-state index contributed by atoms with van der Waals surface area (Å²) >= 11 is 0. The van der Waals surface area contributed by atoms with Gasteiger partial charge >= 0.3 is 0 Å². The summed E-state index contributed by atoms with van der Waals surface area (Å²) in [7, 11) is 2.07. The number of allylic oxidation sites excluding steroid dienone is 1. The summed E-state index contributed by atoms with van der Waals surface area (Å²) in [6.07, 6.45) is 4.71. The Morgan fingerprint density at radius 2 is 1.55 bits per heavy atom. The maximum atomic E-state index is 16.0. The molecule has 0 bridgehead atoms. The number of halogens is 4. The van der Waals surface area contributed by atoms with Crippen molar-refractivity contribution < 1.29 is 18.4 Å². The van der Waals surface area contributed by atoms with Crippen molar-refractivity contribution in [1.29, 1.82) is 0 Å². The number of hydrogen-bond donors (Lipinski definition) is 1. The molecule has 1 unspecified atom stereocenters. The second kappa shape index (κ2) is 15.7. The zero-order chi connectivity index (χ0) is 31.4. The van der Waals surface area contributed by atoms with Gasteiger partial charge in [0.1, 0.15) is 5.94 Å². The minimum Gasteiger partial charge on any atom is -0.359 e. The summed E-state index contributed by atoms with van der Waals surface area (Å²) in [5.74, 6) is -1.32. The molecule has 10 heteroatoms. The number of likely N-dealkylation sites (N-methyl/N-ethyl adjacent to an activating group) is 1. The van der Waals surface area contributed by atoms with E-state index in [2.05, 4.69) is 28.1 Å². The first-order chi connectivity index (χ1) is 21.9. The lowest BCUT2D eigenvalue weighted by atomic mass is 9.84. The molecule has 1 atom stereocenters. The van der Waals surface area contributed by atoms with Crippen LogP contribution < -0.4 is 10.2 Å². The van der Waals surface area contributed by atoms with Crippen LogP contribution in [-0.2, 0) is 9.59 Å². The molecule has 2 heterocycles. The van der Waals surface area contributed by atoms with E-state index < -0.39 is 18.4 Å². The quantitative estimate of drug-likeness (QED) is 0.291. The summed E-state index contributed by atoms with van der Waals surface area (Å²) in [5.41, 5.74) is 3.34. The number of nitrogens with zero attached hydrogens (tertiary/aromatic N) is 3. The van der Waals surface area contributed by atoms with E-state index >= 15 is 8.78 Å². The minimum absolute atomic E-state index is 0. The van der Waals surface area contributed by atoms with E-state index in [9.17, 15) is 9.59 Å².